The molecule has 1 N–H and O–H groups in total. The van der Waals surface area contributed by atoms with Crippen LogP contribution in [0.1, 0.15) is 50.5 Å². The van der Waals surface area contributed by atoms with Gasteiger partial charge in [0.05, 0.1) is 23.6 Å². The number of hydrogen-bond acceptors (Lipinski definition) is 5. The summed E-state index contributed by atoms with van der Waals surface area (Å²) >= 11 is 12.3. The van der Waals surface area contributed by atoms with Gasteiger partial charge >= 0.3 is 0 Å². The molecule has 0 aliphatic heterocycles. The van der Waals surface area contributed by atoms with E-state index >= 15 is 0 Å². The molecule has 0 saturated carbocycles. The average molecular weight is 512 g/mol. The summed E-state index contributed by atoms with van der Waals surface area (Å²) in [5, 5.41) is 8.54. The molecule has 2 aromatic carbocycles. The number of benzene rings is 2. The van der Waals surface area contributed by atoms with Gasteiger partial charge in [0.2, 0.25) is 0 Å². The molecule has 0 saturated heterocycles. The van der Waals surface area contributed by atoms with Gasteiger partial charge in [0, 0.05) is 15.6 Å². The normalized spacial score (nSPS) is 10.9. The van der Waals surface area contributed by atoms with E-state index in [0.717, 1.165) is 11.3 Å². The number of nitrogens with one attached hydrogen (secondary N) is 1. The van der Waals surface area contributed by atoms with Crippen molar-refractivity contribution >= 4 is 40.6 Å². The lowest BCUT2D eigenvalue weighted by Crippen LogP contribution is -2.12. The van der Waals surface area contributed by atoms with Gasteiger partial charge in [-0.2, -0.15) is 5.10 Å². The van der Waals surface area contributed by atoms with Gasteiger partial charge in [0.25, 0.3) is 5.91 Å². The van der Waals surface area contributed by atoms with E-state index in [9.17, 15) is 9.59 Å². The van der Waals surface area contributed by atoms with Crippen LogP contribution >= 0.6 is 23.2 Å². The highest BCUT2D eigenvalue weighted by Crippen LogP contribution is 2.25. The van der Waals surface area contributed by atoms with Gasteiger partial charge < -0.3 is 14.5 Å². The van der Waals surface area contributed by atoms with Crippen LogP contribution in [0.4, 0.5) is 5.69 Å². The maximum absolute atomic E-state index is 12.8. The van der Waals surface area contributed by atoms with Crippen LogP contribution in [0.5, 0.6) is 5.75 Å². The number of anilines is 1. The Bertz CT molecular complexity index is 1390. The van der Waals surface area contributed by atoms with Gasteiger partial charge in [-0.25, -0.2) is 0 Å². The average Bonchev–Trinajstić information content (AvgIpc) is 3.40. The Labute approximate surface area is 212 Å². The highest BCUT2D eigenvalue weighted by molar-refractivity contribution is 6.35. The van der Waals surface area contributed by atoms with E-state index in [1.54, 1.807) is 53.2 Å². The largest absolute Gasteiger partial charge is 0.486 e. The first-order valence-electron chi connectivity index (χ1n) is 10.8. The van der Waals surface area contributed by atoms with Crippen LogP contribution in [0.3, 0.4) is 0 Å². The highest BCUT2D eigenvalue weighted by atomic mass is 35.5. The molecular formula is C26H23Cl2N3O4. The Hall–Kier alpha value is -3.55. The summed E-state index contributed by atoms with van der Waals surface area (Å²) in [5.74, 6) is 0.840. The van der Waals surface area contributed by atoms with Crippen molar-refractivity contribution in [1.29, 1.82) is 0 Å². The highest BCUT2D eigenvalue weighted by Gasteiger charge is 2.18. The number of carbonyl (C=O) groups is 2. The van der Waals surface area contributed by atoms with Gasteiger partial charge in [-0.1, -0.05) is 29.3 Å². The quantitative estimate of drug-likeness (QED) is 0.273. The molecule has 0 fully saturated rings. The number of aromatic nitrogens is 2. The van der Waals surface area contributed by atoms with Crippen LogP contribution in [0.2, 0.25) is 10.0 Å². The van der Waals surface area contributed by atoms with Gasteiger partial charge in [-0.3, -0.25) is 14.3 Å². The molecule has 0 unspecified atom stereocenters. The predicted molar refractivity (Wildman–Crippen MR) is 135 cm³/mol. The van der Waals surface area contributed by atoms with Crippen LogP contribution in [0.25, 0.3) is 0 Å². The summed E-state index contributed by atoms with van der Waals surface area (Å²) in [4.78, 5) is 24.2. The van der Waals surface area contributed by atoms with Gasteiger partial charge in [-0.15, -0.1) is 0 Å². The van der Waals surface area contributed by atoms with Crippen molar-refractivity contribution in [2.45, 2.75) is 33.9 Å². The fraction of sp³-hybridized carbons (Fsp3) is 0.192. The zero-order valence-corrected chi connectivity index (χ0v) is 20.9. The number of rotatable bonds is 8. The van der Waals surface area contributed by atoms with E-state index in [2.05, 4.69) is 10.4 Å². The third-order valence-electron chi connectivity index (χ3n) is 5.48. The lowest BCUT2D eigenvalue weighted by Gasteiger charge is -2.08. The van der Waals surface area contributed by atoms with Crippen LogP contribution in [-0.2, 0) is 13.2 Å². The van der Waals surface area contributed by atoms with Crippen LogP contribution in [-0.4, -0.2) is 21.5 Å². The van der Waals surface area contributed by atoms with E-state index in [1.807, 2.05) is 19.9 Å². The van der Waals surface area contributed by atoms with E-state index < -0.39 is 5.91 Å². The second kappa shape index (κ2) is 10.4. The molecular weight excluding hydrogens is 489 g/mol. The van der Waals surface area contributed by atoms with Gasteiger partial charge in [0.1, 0.15) is 18.1 Å². The maximum Gasteiger partial charge on any atom is 0.291 e. The van der Waals surface area contributed by atoms with E-state index in [4.69, 9.17) is 32.4 Å². The molecule has 0 spiro atoms. The van der Waals surface area contributed by atoms with Crippen LogP contribution in [0.15, 0.2) is 59.0 Å². The zero-order valence-electron chi connectivity index (χ0n) is 19.4. The van der Waals surface area contributed by atoms with Crippen molar-refractivity contribution in [2.75, 3.05) is 5.32 Å². The minimum atomic E-state index is -0.391. The molecule has 2 heterocycles. The number of ether oxygens (including phenoxy) is 1. The van der Waals surface area contributed by atoms with E-state index in [-0.39, 0.29) is 18.2 Å². The van der Waals surface area contributed by atoms with Gasteiger partial charge in [0.15, 0.2) is 11.5 Å². The van der Waals surface area contributed by atoms with Crippen molar-refractivity contribution in [2.24, 2.45) is 0 Å². The number of amides is 1. The van der Waals surface area contributed by atoms with E-state index in [1.165, 1.54) is 6.92 Å². The summed E-state index contributed by atoms with van der Waals surface area (Å²) < 4.78 is 13.1. The minimum Gasteiger partial charge on any atom is -0.486 e. The Kier molecular flexibility index (Phi) is 7.28. The number of nitrogens with zero attached hydrogens (tertiary/aromatic N) is 2. The molecule has 0 radical (unpaired) electrons. The Balaban J connectivity index is 1.40. The van der Waals surface area contributed by atoms with Crippen molar-refractivity contribution in [3.63, 3.8) is 0 Å². The fourth-order valence-electron chi connectivity index (χ4n) is 3.54. The number of halogens is 2. The van der Waals surface area contributed by atoms with Gasteiger partial charge in [-0.05, 0) is 74.9 Å². The molecule has 9 heteroatoms. The molecule has 0 atom stereocenters. The number of hydrogen-bond donors (Lipinski definition) is 1. The van der Waals surface area contributed by atoms with Crippen molar-refractivity contribution < 1.29 is 18.7 Å². The molecule has 4 aromatic rings. The molecule has 180 valence electrons. The third-order valence-corrected chi connectivity index (χ3v) is 6.07. The predicted octanol–water partition coefficient (Wildman–Crippen LogP) is 6.48. The first-order chi connectivity index (χ1) is 16.7. The smallest absolute Gasteiger partial charge is 0.291 e. The first kappa shape index (κ1) is 24.6. The maximum atomic E-state index is 12.8. The SMILES string of the molecule is CC(=O)c1ccc(OCc2ccc(C(=O)Nc3c(C)nn(Cc4ccc(Cl)cc4Cl)c3C)o2)cc1. The third kappa shape index (κ3) is 5.75. The van der Waals surface area contributed by atoms with Crippen molar-refractivity contribution in [3.8, 4) is 5.75 Å². The van der Waals surface area contributed by atoms with Crippen molar-refractivity contribution in [3.05, 3.63) is 98.7 Å². The molecule has 2 aromatic heterocycles. The summed E-state index contributed by atoms with van der Waals surface area (Å²) in [6, 6.07) is 15.4. The number of Topliss-reactive ketones (excluding diaryl/α,β-unsaturated/α-hetero) is 1. The number of ketones is 1. The number of carbonyl (C=O) groups excluding carboxylic acids is 2. The standard InChI is InChI=1S/C26H23Cl2N3O4/c1-15-25(16(2)31(30-15)13-19-4-7-20(27)12-23(19)28)29-26(33)24-11-10-22(35-24)14-34-21-8-5-18(6-9-21)17(3)32/h4-12H,13-14H2,1-3H3,(H,29,33). The lowest BCUT2D eigenvalue weighted by atomic mass is 10.1. The summed E-state index contributed by atoms with van der Waals surface area (Å²) in [6.07, 6.45) is 0. The first-order valence-corrected chi connectivity index (χ1v) is 11.6. The molecule has 0 bridgehead atoms. The second-order valence-corrected chi connectivity index (χ2v) is 8.87. The Morgan fingerprint density at radius 3 is 2.49 bits per heavy atom. The second-order valence-electron chi connectivity index (χ2n) is 8.03. The number of furan rings is 1. The Morgan fingerprint density at radius 1 is 1.06 bits per heavy atom. The summed E-state index contributed by atoms with van der Waals surface area (Å²) in [7, 11) is 0. The monoisotopic (exact) mass is 511 g/mol. The Morgan fingerprint density at radius 2 is 1.80 bits per heavy atom. The molecule has 4 rings (SSSR count). The molecule has 0 aliphatic carbocycles. The lowest BCUT2D eigenvalue weighted by molar-refractivity contribution is 0.0990. The number of aryl methyl sites for hydroxylation is 1. The van der Waals surface area contributed by atoms with E-state index in [0.29, 0.717) is 45.0 Å². The van der Waals surface area contributed by atoms with Crippen molar-refractivity contribution in [1.82, 2.24) is 9.78 Å². The van der Waals surface area contributed by atoms with Crippen LogP contribution in [0, 0.1) is 13.8 Å². The summed E-state index contributed by atoms with van der Waals surface area (Å²) in [5.41, 5.74) is 3.54. The summed E-state index contributed by atoms with van der Waals surface area (Å²) in [6.45, 7) is 5.78. The minimum absolute atomic E-state index is 0.0111. The molecule has 7 nitrogen and oxygen atoms in total. The molecule has 0 aliphatic rings. The fourth-order valence-corrected chi connectivity index (χ4v) is 4.00. The van der Waals surface area contributed by atoms with Crippen LogP contribution < -0.4 is 10.1 Å². The zero-order chi connectivity index (χ0) is 25.1. The molecule has 1 amide bonds. The topological polar surface area (TPSA) is 86.4 Å². The molecule has 35 heavy (non-hydrogen) atoms.